The number of ketones is 2. The Balaban J connectivity index is 1.83. The van der Waals surface area contributed by atoms with Gasteiger partial charge in [0.2, 0.25) is 0 Å². The highest BCUT2D eigenvalue weighted by Gasteiger charge is 2.61. The van der Waals surface area contributed by atoms with Crippen molar-refractivity contribution in [1.82, 2.24) is 0 Å². The molecular formula is C24H20F3NO4. The maximum Gasteiger partial charge on any atom is 0.292 e. The SMILES string of the molecule is CC(C)(C)c1ccc(NC2=C(F)C(O)(F)C3=C(C(=O)c4ccccc4C3=O)C2(O)F)cc1. The summed E-state index contributed by atoms with van der Waals surface area (Å²) in [5.41, 5.74) is -4.12. The van der Waals surface area contributed by atoms with Crippen LogP contribution < -0.4 is 5.32 Å². The first kappa shape index (κ1) is 22.0. The number of carbonyl (C=O) groups is 2. The molecule has 0 saturated carbocycles. The second-order valence-corrected chi connectivity index (χ2v) is 8.84. The van der Waals surface area contributed by atoms with Crippen molar-refractivity contribution < 1.29 is 33.0 Å². The average Bonchev–Trinajstić information content (AvgIpc) is 2.72. The normalized spacial score (nSPS) is 25.6. The second kappa shape index (κ2) is 6.88. The number of Topliss-reactive ketones (excluding diaryl/α,β-unsaturated/α-hetero) is 2. The lowest BCUT2D eigenvalue weighted by atomic mass is 9.74. The van der Waals surface area contributed by atoms with Gasteiger partial charge in [0.05, 0.1) is 11.1 Å². The Bertz CT molecular complexity index is 1220. The highest BCUT2D eigenvalue weighted by atomic mass is 19.2. The lowest BCUT2D eigenvalue weighted by Crippen LogP contribution is -2.50. The van der Waals surface area contributed by atoms with E-state index >= 15 is 13.2 Å². The first-order chi connectivity index (χ1) is 14.8. The largest absolute Gasteiger partial charge is 0.353 e. The molecule has 0 aliphatic heterocycles. The van der Waals surface area contributed by atoms with Gasteiger partial charge in [0, 0.05) is 16.8 Å². The summed E-state index contributed by atoms with van der Waals surface area (Å²) in [7, 11) is 0. The molecule has 0 aromatic heterocycles. The van der Waals surface area contributed by atoms with Crippen LogP contribution >= 0.6 is 0 Å². The molecule has 4 rings (SSSR count). The molecule has 2 atom stereocenters. The van der Waals surface area contributed by atoms with Crippen molar-refractivity contribution in [1.29, 1.82) is 0 Å². The van der Waals surface area contributed by atoms with Gasteiger partial charge in [-0.15, -0.1) is 0 Å². The van der Waals surface area contributed by atoms with Crippen molar-refractivity contribution in [3.8, 4) is 0 Å². The highest BCUT2D eigenvalue weighted by molar-refractivity contribution is 6.28. The van der Waals surface area contributed by atoms with E-state index in [2.05, 4.69) is 5.32 Å². The summed E-state index contributed by atoms with van der Waals surface area (Å²) in [5.74, 6) is -12.7. The molecule has 0 spiro atoms. The van der Waals surface area contributed by atoms with Crippen LogP contribution in [0.1, 0.15) is 47.1 Å². The first-order valence-corrected chi connectivity index (χ1v) is 9.82. The third kappa shape index (κ3) is 3.10. The van der Waals surface area contributed by atoms with E-state index in [1.165, 1.54) is 36.4 Å². The zero-order valence-electron chi connectivity index (χ0n) is 17.5. The summed E-state index contributed by atoms with van der Waals surface area (Å²) in [6.07, 6.45) is 0. The summed E-state index contributed by atoms with van der Waals surface area (Å²) >= 11 is 0. The predicted octanol–water partition coefficient (Wildman–Crippen LogP) is 4.28. The van der Waals surface area contributed by atoms with Gasteiger partial charge >= 0.3 is 0 Å². The summed E-state index contributed by atoms with van der Waals surface area (Å²) < 4.78 is 45.8. The van der Waals surface area contributed by atoms with E-state index in [1.54, 1.807) is 12.1 Å². The number of aliphatic hydroxyl groups is 2. The Morgan fingerprint density at radius 1 is 0.812 bits per heavy atom. The monoisotopic (exact) mass is 443 g/mol. The Hall–Kier alpha value is -3.23. The topological polar surface area (TPSA) is 86.6 Å². The van der Waals surface area contributed by atoms with E-state index in [4.69, 9.17) is 0 Å². The Kier molecular flexibility index (Phi) is 4.73. The second-order valence-electron chi connectivity index (χ2n) is 8.84. The van der Waals surface area contributed by atoms with Crippen LogP contribution in [0, 0.1) is 0 Å². The van der Waals surface area contributed by atoms with E-state index in [1.807, 2.05) is 20.8 Å². The molecule has 5 nitrogen and oxygen atoms in total. The minimum absolute atomic E-state index is 0.0639. The number of hydrogen-bond donors (Lipinski definition) is 3. The number of alkyl halides is 2. The fourth-order valence-corrected chi connectivity index (χ4v) is 3.89. The third-order valence-electron chi connectivity index (χ3n) is 5.64. The molecule has 166 valence electrons. The van der Waals surface area contributed by atoms with Gasteiger partial charge in [-0.2, -0.15) is 8.78 Å². The quantitative estimate of drug-likeness (QED) is 0.645. The van der Waals surface area contributed by atoms with E-state index in [-0.39, 0.29) is 22.2 Å². The molecule has 0 amide bonds. The average molecular weight is 443 g/mol. The highest BCUT2D eigenvalue weighted by Crippen LogP contribution is 2.50. The van der Waals surface area contributed by atoms with Gasteiger partial charge in [-0.1, -0.05) is 57.2 Å². The Morgan fingerprint density at radius 2 is 1.28 bits per heavy atom. The van der Waals surface area contributed by atoms with Gasteiger partial charge in [-0.3, -0.25) is 9.59 Å². The number of fused-ring (bicyclic) bond motifs is 1. The van der Waals surface area contributed by atoms with Gasteiger partial charge in [0.15, 0.2) is 17.4 Å². The summed E-state index contributed by atoms with van der Waals surface area (Å²) in [5, 5.41) is 23.0. The van der Waals surface area contributed by atoms with E-state index in [0.717, 1.165) is 5.56 Å². The molecule has 2 unspecified atom stereocenters. The van der Waals surface area contributed by atoms with Crippen LogP contribution in [0.25, 0.3) is 0 Å². The lowest BCUT2D eigenvalue weighted by Gasteiger charge is -2.38. The fraction of sp³-hybridized carbons (Fsp3) is 0.250. The van der Waals surface area contributed by atoms with Crippen LogP contribution in [0.15, 0.2) is 71.2 Å². The summed E-state index contributed by atoms with van der Waals surface area (Å²) in [6, 6.07) is 11.3. The van der Waals surface area contributed by atoms with E-state index in [9.17, 15) is 19.8 Å². The van der Waals surface area contributed by atoms with Gasteiger partial charge in [-0.25, -0.2) is 4.39 Å². The Labute approximate surface area is 181 Å². The molecule has 0 radical (unpaired) electrons. The number of anilines is 1. The smallest absolute Gasteiger partial charge is 0.292 e. The Morgan fingerprint density at radius 3 is 1.75 bits per heavy atom. The molecule has 2 aliphatic carbocycles. The number of nitrogens with one attached hydrogen (secondary N) is 1. The lowest BCUT2D eigenvalue weighted by molar-refractivity contribution is -0.0710. The summed E-state index contributed by atoms with van der Waals surface area (Å²) in [6.45, 7) is 5.87. The van der Waals surface area contributed by atoms with Crippen LogP contribution in [0.4, 0.5) is 18.9 Å². The fourth-order valence-electron chi connectivity index (χ4n) is 3.89. The van der Waals surface area contributed by atoms with Crippen molar-refractivity contribution in [3.05, 3.63) is 87.9 Å². The zero-order valence-corrected chi connectivity index (χ0v) is 17.5. The molecule has 0 saturated heterocycles. The van der Waals surface area contributed by atoms with Crippen molar-refractivity contribution in [2.45, 2.75) is 37.9 Å². The molecular weight excluding hydrogens is 423 g/mol. The third-order valence-corrected chi connectivity index (χ3v) is 5.64. The minimum atomic E-state index is -4.12. The van der Waals surface area contributed by atoms with Crippen molar-refractivity contribution in [2.75, 3.05) is 5.32 Å². The number of benzene rings is 2. The number of carbonyl (C=O) groups excluding carboxylic acids is 2. The van der Waals surface area contributed by atoms with Gasteiger partial charge in [-0.05, 0) is 23.1 Å². The predicted molar refractivity (Wildman–Crippen MR) is 111 cm³/mol. The van der Waals surface area contributed by atoms with Gasteiger partial charge < -0.3 is 15.5 Å². The van der Waals surface area contributed by atoms with Crippen LogP contribution in [-0.4, -0.2) is 33.5 Å². The number of hydrogen-bond acceptors (Lipinski definition) is 5. The zero-order chi connectivity index (χ0) is 23.6. The van der Waals surface area contributed by atoms with Gasteiger partial charge in [0.1, 0.15) is 5.70 Å². The van der Waals surface area contributed by atoms with E-state index in [0.29, 0.717) is 0 Å². The molecule has 8 heteroatoms. The van der Waals surface area contributed by atoms with Crippen LogP contribution in [0.2, 0.25) is 0 Å². The van der Waals surface area contributed by atoms with Crippen molar-refractivity contribution in [3.63, 3.8) is 0 Å². The number of halogens is 3. The standard InChI is InChI=1S/C24H20F3NO4/c1-22(2,3)12-8-10-13(11-9-12)28-21-20(25)23(26,31)16-17(24(21,27)32)19(30)15-7-5-4-6-14(15)18(16)29/h4-11,28,31-32H,1-3H3. The molecule has 2 aromatic carbocycles. The molecule has 0 fully saturated rings. The summed E-state index contributed by atoms with van der Waals surface area (Å²) in [4.78, 5) is 25.6. The van der Waals surface area contributed by atoms with Crippen LogP contribution in [0.5, 0.6) is 0 Å². The van der Waals surface area contributed by atoms with Crippen molar-refractivity contribution >= 4 is 17.3 Å². The first-order valence-electron chi connectivity index (χ1n) is 9.82. The molecule has 3 N–H and O–H groups in total. The van der Waals surface area contributed by atoms with Gasteiger partial charge in [0.25, 0.3) is 11.7 Å². The minimum Gasteiger partial charge on any atom is -0.353 e. The maximum atomic E-state index is 15.6. The molecule has 0 bridgehead atoms. The number of rotatable bonds is 2. The molecule has 2 aliphatic rings. The molecule has 2 aromatic rings. The van der Waals surface area contributed by atoms with Crippen LogP contribution in [0.3, 0.4) is 0 Å². The van der Waals surface area contributed by atoms with E-state index < -0.39 is 45.9 Å². The van der Waals surface area contributed by atoms with Crippen molar-refractivity contribution in [2.24, 2.45) is 0 Å². The van der Waals surface area contributed by atoms with Crippen LogP contribution in [-0.2, 0) is 5.41 Å². The molecule has 0 heterocycles. The maximum absolute atomic E-state index is 15.6. The molecule has 32 heavy (non-hydrogen) atoms.